The van der Waals surface area contributed by atoms with Crippen LogP contribution in [0.2, 0.25) is 0 Å². The zero-order valence-electron chi connectivity index (χ0n) is 13.5. The summed E-state index contributed by atoms with van der Waals surface area (Å²) in [5.41, 5.74) is -0.141. The molecule has 0 aromatic carbocycles. The number of rotatable bonds is 11. The predicted octanol–water partition coefficient (Wildman–Crippen LogP) is 1.53. The quantitative estimate of drug-likeness (QED) is 0.360. The Bertz CT molecular complexity index is 633. The minimum atomic E-state index is -0.475. The van der Waals surface area contributed by atoms with E-state index in [1.807, 2.05) is 10.8 Å². The summed E-state index contributed by atoms with van der Waals surface area (Å²) in [5.74, 6) is 0.429. The van der Waals surface area contributed by atoms with E-state index >= 15 is 0 Å². The fraction of sp³-hybridized carbons (Fsp3) is 0.500. The van der Waals surface area contributed by atoms with Crippen LogP contribution in [0.25, 0.3) is 0 Å². The molecule has 24 heavy (non-hydrogen) atoms. The zero-order valence-corrected chi connectivity index (χ0v) is 13.5. The number of nitro groups is 1. The first-order chi connectivity index (χ1) is 11.7. The van der Waals surface area contributed by atoms with Crippen molar-refractivity contribution in [2.45, 2.75) is 19.4 Å². The largest absolute Gasteiger partial charge is 0.385 e. The van der Waals surface area contributed by atoms with Crippen molar-refractivity contribution in [3.8, 4) is 0 Å². The maximum absolute atomic E-state index is 11.4. The molecule has 0 aliphatic rings. The second-order valence-corrected chi connectivity index (χ2v) is 5.03. The van der Waals surface area contributed by atoms with Gasteiger partial charge in [-0.3, -0.25) is 10.1 Å². The highest BCUT2D eigenvalue weighted by Gasteiger charge is 2.22. The van der Waals surface area contributed by atoms with Crippen molar-refractivity contribution in [1.29, 1.82) is 0 Å². The number of ether oxygens (including phenoxy) is 1. The molecule has 10 nitrogen and oxygen atoms in total. The molecule has 0 amide bonds. The van der Waals surface area contributed by atoms with Crippen LogP contribution < -0.4 is 10.6 Å². The van der Waals surface area contributed by atoms with Gasteiger partial charge in [-0.2, -0.15) is 0 Å². The third-order valence-electron chi connectivity index (χ3n) is 3.27. The monoisotopic (exact) mass is 335 g/mol. The van der Waals surface area contributed by atoms with Crippen molar-refractivity contribution in [3.63, 3.8) is 0 Å². The highest BCUT2D eigenvalue weighted by Crippen LogP contribution is 2.28. The highest BCUT2D eigenvalue weighted by molar-refractivity contribution is 5.69. The molecule has 0 saturated heterocycles. The number of nitrogens with one attached hydrogen (secondary N) is 2. The molecule has 2 N–H and O–H groups in total. The van der Waals surface area contributed by atoms with E-state index in [9.17, 15) is 10.1 Å². The minimum Gasteiger partial charge on any atom is -0.385 e. The smallest absolute Gasteiger partial charge is 0.353 e. The molecule has 0 bridgehead atoms. The normalized spacial score (nSPS) is 10.5. The summed E-state index contributed by atoms with van der Waals surface area (Å²) in [4.78, 5) is 22.8. The molecule has 0 radical (unpaired) electrons. The lowest BCUT2D eigenvalue weighted by atomic mass is 10.3. The van der Waals surface area contributed by atoms with Crippen molar-refractivity contribution in [1.82, 2.24) is 19.5 Å². The Morgan fingerprint density at radius 1 is 1.25 bits per heavy atom. The molecule has 2 aromatic heterocycles. The van der Waals surface area contributed by atoms with Gasteiger partial charge in [-0.25, -0.2) is 15.0 Å². The summed E-state index contributed by atoms with van der Waals surface area (Å²) in [6.07, 6.45) is 8.14. The van der Waals surface area contributed by atoms with E-state index in [4.69, 9.17) is 4.74 Å². The van der Waals surface area contributed by atoms with E-state index in [1.165, 1.54) is 6.33 Å². The van der Waals surface area contributed by atoms with Crippen LogP contribution in [0, 0.1) is 10.1 Å². The lowest BCUT2D eigenvalue weighted by Gasteiger charge is -2.10. The molecule has 0 aliphatic carbocycles. The Balaban J connectivity index is 1.93. The van der Waals surface area contributed by atoms with E-state index in [0.29, 0.717) is 19.7 Å². The standard InChI is InChI=1S/C14H21N7O3/c1-24-9-3-5-17-14-12(21(22)23)13(18-10-19-14)16-4-2-7-20-8-6-15-11-20/h6,8,10-11H,2-5,7,9H2,1H3,(H2,16,17,18,19). The second-order valence-electron chi connectivity index (χ2n) is 5.03. The molecule has 10 heteroatoms. The molecule has 0 unspecified atom stereocenters. The van der Waals surface area contributed by atoms with Crippen LogP contribution in [0.4, 0.5) is 17.3 Å². The number of imidazole rings is 1. The molecule has 0 aliphatic heterocycles. The van der Waals surface area contributed by atoms with Gasteiger partial charge in [0.2, 0.25) is 11.6 Å². The number of aryl methyl sites for hydroxylation is 1. The fourth-order valence-corrected chi connectivity index (χ4v) is 2.12. The molecular formula is C14H21N7O3. The first kappa shape index (κ1) is 17.6. The summed E-state index contributed by atoms with van der Waals surface area (Å²) in [6.45, 7) is 2.43. The highest BCUT2D eigenvalue weighted by atomic mass is 16.6. The number of hydrogen-bond acceptors (Lipinski definition) is 8. The third kappa shape index (κ3) is 5.16. The zero-order chi connectivity index (χ0) is 17.2. The summed E-state index contributed by atoms with van der Waals surface area (Å²) in [6, 6.07) is 0. The van der Waals surface area contributed by atoms with Crippen molar-refractivity contribution in [2.24, 2.45) is 0 Å². The molecule has 2 heterocycles. The summed E-state index contributed by atoms with van der Waals surface area (Å²) in [7, 11) is 1.61. The average Bonchev–Trinajstić information content (AvgIpc) is 3.09. The van der Waals surface area contributed by atoms with Crippen LogP contribution in [-0.4, -0.2) is 51.2 Å². The van der Waals surface area contributed by atoms with Crippen LogP contribution in [0.15, 0.2) is 25.0 Å². The minimum absolute atomic E-state index is 0.141. The first-order valence-electron chi connectivity index (χ1n) is 7.64. The number of methoxy groups -OCH3 is 1. The number of anilines is 2. The molecule has 130 valence electrons. The fourth-order valence-electron chi connectivity index (χ4n) is 2.12. The Morgan fingerprint density at radius 2 is 1.96 bits per heavy atom. The molecule has 0 spiro atoms. The number of aromatic nitrogens is 4. The topological polar surface area (TPSA) is 120 Å². The van der Waals surface area contributed by atoms with E-state index in [-0.39, 0.29) is 17.3 Å². The Hall–Kier alpha value is -2.75. The maximum Gasteiger partial charge on any atom is 0.353 e. The summed E-state index contributed by atoms with van der Waals surface area (Å²) in [5, 5.41) is 17.3. The van der Waals surface area contributed by atoms with Gasteiger partial charge in [0.1, 0.15) is 6.33 Å². The van der Waals surface area contributed by atoms with Gasteiger partial charge in [-0.15, -0.1) is 0 Å². The Kier molecular flexibility index (Phi) is 6.90. The predicted molar refractivity (Wildman–Crippen MR) is 89.0 cm³/mol. The maximum atomic E-state index is 11.4. The first-order valence-corrected chi connectivity index (χ1v) is 7.64. The van der Waals surface area contributed by atoms with Crippen molar-refractivity contribution in [2.75, 3.05) is 37.4 Å². The average molecular weight is 335 g/mol. The Labute approximate surface area is 139 Å². The SMILES string of the molecule is COCCCNc1ncnc(NCCCn2ccnc2)c1[N+](=O)[O-]. The summed E-state index contributed by atoms with van der Waals surface area (Å²) >= 11 is 0. The van der Waals surface area contributed by atoms with Crippen LogP contribution >= 0.6 is 0 Å². The van der Waals surface area contributed by atoms with Crippen LogP contribution in [0.3, 0.4) is 0 Å². The van der Waals surface area contributed by atoms with Crippen LogP contribution in [0.5, 0.6) is 0 Å². The van der Waals surface area contributed by atoms with Crippen LogP contribution in [0.1, 0.15) is 12.8 Å². The summed E-state index contributed by atoms with van der Waals surface area (Å²) < 4.78 is 6.90. The van der Waals surface area contributed by atoms with E-state index in [1.54, 1.807) is 19.6 Å². The van der Waals surface area contributed by atoms with E-state index < -0.39 is 4.92 Å². The van der Waals surface area contributed by atoms with Gasteiger partial charge in [-0.05, 0) is 12.8 Å². The van der Waals surface area contributed by atoms with Gasteiger partial charge in [0.15, 0.2) is 0 Å². The molecule has 0 atom stereocenters. The van der Waals surface area contributed by atoms with Gasteiger partial charge in [0, 0.05) is 45.7 Å². The van der Waals surface area contributed by atoms with Gasteiger partial charge in [-0.1, -0.05) is 0 Å². The third-order valence-corrected chi connectivity index (χ3v) is 3.27. The van der Waals surface area contributed by atoms with E-state index in [0.717, 1.165) is 19.4 Å². The van der Waals surface area contributed by atoms with Crippen molar-refractivity contribution in [3.05, 3.63) is 35.2 Å². The van der Waals surface area contributed by atoms with E-state index in [2.05, 4.69) is 25.6 Å². The van der Waals surface area contributed by atoms with Crippen LogP contribution in [-0.2, 0) is 11.3 Å². The van der Waals surface area contributed by atoms with Gasteiger partial charge in [0.25, 0.3) is 0 Å². The molecule has 2 aromatic rings. The number of nitrogens with zero attached hydrogens (tertiary/aromatic N) is 5. The van der Waals surface area contributed by atoms with Crippen molar-refractivity contribution >= 4 is 17.3 Å². The lowest BCUT2D eigenvalue weighted by molar-refractivity contribution is -0.383. The number of hydrogen-bond donors (Lipinski definition) is 2. The second kappa shape index (κ2) is 9.40. The lowest BCUT2D eigenvalue weighted by Crippen LogP contribution is -2.13. The van der Waals surface area contributed by atoms with Gasteiger partial charge in [0.05, 0.1) is 11.3 Å². The molecule has 2 rings (SSSR count). The molecule has 0 saturated carbocycles. The van der Waals surface area contributed by atoms with Gasteiger partial charge >= 0.3 is 5.69 Å². The molecule has 0 fully saturated rings. The van der Waals surface area contributed by atoms with Gasteiger partial charge < -0.3 is 19.9 Å². The Morgan fingerprint density at radius 3 is 2.54 bits per heavy atom. The molecular weight excluding hydrogens is 314 g/mol. The van der Waals surface area contributed by atoms with Crippen molar-refractivity contribution < 1.29 is 9.66 Å².